The summed E-state index contributed by atoms with van der Waals surface area (Å²) in [7, 11) is 0. The summed E-state index contributed by atoms with van der Waals surface area (Å²) in [5, 5.41) is 10.5. The molecule has 0 heterocycles. The number of benzene rings is 1. The molecule has 1 aromatic carbocycles. The summed E-state index contributed by atoms with van der Waals surface area (Å²) in [5.74, 6) is 2.99. The van der Waals surface area contributed by atoms with Gasteiger partial charge in [0.1, 0.15) is 5.75 Å². The lowest BCUT2D eigenvalue weighted by atomic mass is 10.2. The van der Waals surface area contributed by atoms with E-state index in [0.29, 0.717) is 24.3 Å². The van der Waals surface area contributed by atoms with Gasteiger partial charge >= 0.3 is 0 Å². The molecule has 0 radical (unpaired) electrons. The maximum atomic E-state index is 10.5. The van der Waals surface area contributed by atoms with Crippen molar-refractivity contribution in [1.29, 1.82) is 0 Å². The molecule has 5 nitrogen and oxygen atoms in total. The van der Waals surface area contributed by atoms with E-state index >= 15 is 0 Å². The van der Waals surface area contributed by atoms with E-state index < -0.39 is 4.92 Å². The molecule has 5 heteroatoms. The third-order valence-electron chi connectivity index (χ3n) is 1.98. The highest BCUT2D eigenvalue weighted by Gasteiger charge is 2.10. The fourth-order valence-electron chi connectivity index (χ4n) is 1.20. The summed E-state index contributed by atoms with van der Waals surface area (Å²) in [6.45, 7) is 0.564. The van der Waals surface area contributed by atoms with Gasteiger partial charge in [0.05, 0.1) is 11.5 Å². The fraction of sp³-hybridized carbons (Fsp3) is 0.273. The van der Waals surface area contributed by atoms with Crippen molar-refractivity contribution in [1.82, 2.24) is 0 Å². The first-order valence-electron chi connectivity index (χ1n) is 4.72. The Hall–Kier alpha value is -2.06. The van der Waals surface area contributed by atoms with Crippen molar-refractivity contribution in [3.05, 3.63) is 33.9 Å². The number of non-ortho nitro benzene ring substituents is 1. The van der Waals surface area contributed by atoms with Crippen LogP contribution in [0.1, 0.15) is 12.0 Å². The van der Waals surface area contributed by atoms with Gasteiger partial charge in [0.2, 0.25) is 0 Å². The van der Waals surface area contributed by atoms with Crippen LogP contribution in [-0.4, -0.2) is 11.5 Å². The number of hydrogen-bond donors (Lipinski definition) is 1. The molecule has 0 unspecified atom stereocenters. The number of terminal acetylenes is 1. The van der Waals surface area contributed by atoms with Crippen molar-refractivity contribution in [3.63, 3.8) is 0 Å². The third kappa shape index (κ3) is 2.97. The van der Waals surface area contributed by atoms with Gasteiger partial charge in [0.25, 0.3) is 5.69 Å². The van der Waals surface area contributed by atoms with Gasteiger partial charge in [0.15, 0.2) is 0 Å². The topological polar surface area (TPSA) is 78.4 Å². The number of hydrogen-bond acceptors (Lipinski definition) is 4. The summed E-state index contributed by atoms with van der Waals surface area (Å²) in [5.41, 5.74) is 6.09. The number of nitrogens with zero attached hydrogens (tertiary/aromatic N) is 1. The quantitative estimate of drug-likeness (QED) is 0.352. The van der Waals surface area contributed by atoms with Gasteiger partial charge < -0.3 is 10.5 Å². The largest absolute Gasteiger partial charge is 0.492 e. The van der Waals surface area contributed by atoms with Crippen LogP contribution in [-0.2, 0) is 6.54 Å². The highest BCUT2D eigenvalue weighted by molar-refractivity contribution is 5.43. The highest BCUT2D eigenvalue weighted by Crippen LogP contribution is 2.23. The lowest BCUT2D eigenvalue weighted by molar-refractivity contribution is -0.384. The predicted octanol–water partition coefficient (Wildman–Crippen LogP) is 1.46. The molecule has 16 heavy (non-hydrogen) atoms. The Morgan fingerprint density at radius 2 is 2.31 bits per heavy atom. The fourth-order valence-corrected chi connectivity index (χ4v) is 1.20. The monoisotopic (exact) mass is 220 g/mol. The van der Waals surface area contributed by atoms with Crippen molar-refractivity contribution in [2.75, 3.05) is 6.61 Å². The molecule has 0 atom stereocenters. The molecular weight excluding hydrogens is 208 g/mol. The molecule has 0 bridgehead atoms. The van der Waals surface area contributed by atoms with Gasteiger partial charge in [0, 0.05) is 30.7 Å². The smallest absolute Gasteiger partial charge is 0.270 e. The second-order valence-corrected chi connectivity index (χ2v) is 3.06. The number of ether oxygens (including phenoxy) is 1. The van der Waals surface area contributed by atoms with Crippen LogP contribution < -0.4 is 10.5 Å². The van der Waals surface area contributed by atoms with Crippen LogP contribution in [0.5, 0.6) is 5.75 Å². The van der Waals surface area contributed by atoms with Crippen LogP contribution >= 0.6 is 0 Å². The lowest BCUT2D eigenvalue weighted by Crippen LogP contribution is -2.04. The molecule has 0 saturated carbocycles. The number of nitro benzene ring substituents is 1. The molecule has 0 fully saturated rings. The first-order valence-corrected chi connectivity index (χ1v) is 4.72. The SMILES string of the molecule is C#CCCOc1ccc([N+](=O)[O-])cc1CN. The van der Waals surface area contributed by atoms with Crippen LogP contribution in [0.2, 0.25) is 0 Å². The average molecular weight is 220 g/mol. The molecule has 0 aliphatic carbocycles. The molecule has 0 aromatic heterocycles. The van der Waals surface area contributed by atoms with Crippen LogP contribution in [0.25, 0.3) is 0 Å². The van der Waals surface area contributed by atoms with Crippen molar-refractivity contribution in [2.24, 2.45) is 5.73 Å². The van der Waals surface area contributed by atoms with E-state index in [2.05, 4.69) is 5.92 Å². The summed E-state index contributed by atoms with van der Waals surface area (Å²) < 4.78 is 5.36. The molecule has 1 aromatic rings. The zero-order valence-corrected chi connectivity index (χ0v) is 8.68. The average Bonchev–Trinajstić information content (AvgIpc) is 2.29. The number of nitro groups is 1. The van der Waals surface area contributed by atoms with Gasteiger partial charge in [-0.05, 0) is 6.07 Å². The Labute approximate surface area is 93.4 Å². The highest BCUT2D eigenvalue weighted by atomic mass is 16.6. The maximum absolute atomic E-state index is 10.5. The minimum Gasteiger partial charge on any atom is -0.492 e. The van der Waals surface area contributed by atoms with Gasteiger partial charge in [-0.1, -0.05) is 0 Å². The summed E-state index contributed by atoms with van der Waals surface area (Å²) in [6.07, 6.45) is 5.57. The Morgan fingerprint density at radius 3 is 2.88 bits per heavy atom. The van der Waals surface area contributed by atoms with Crippen LogP contribution in [0.3, 0.4) is 0 Å². The van der Waals surface area contributed by atoms with E-state index in [-0.39, 0.29) is 12.2 Å². The molecule has 0 saturated heterocycles. The van der Waals surface area contributed by atoms with Gasteiger partial charge in [-0.3, -0.25) is 10.1 Å². The zero-order chi connectivity index (χ0) is 12.0. The van der Waals surface area contributed by atoms with Crippen LogP contribution in [0, 0.1) is 22.5 Å². The van der Waals surface area contributed by atoms with E-state index in [4.69, 9.17) is 16.9 Å². The Bertz CT molecular complexity index is 424. The zero-order valence-electron chi connectivity index (χ0n) is 8.68. The minimum absolute atomic E-state index is 0.00440. The first-order chi connectivity index (χ1) is 7.69. The van der Waals surface area contributed by atoms with Gasteiger partial charge in [-0.2, -0.15) is 0 Å². The van der Waals surface area contributed by atoms with Crippen LogP contribution in [0.15, 0.2) is 18.2 Å². The molecule has 0 amide bonds. The van der Waals surface area contributed by atoms with E-state index in [1.54, 1.807) is 0 Å². The summed E-state index contributed by atoms with van der Waals surface area (Å²) in [6, 6.07) is 4.33. The molecule has 84 valence electrons. The predicted molar refractivity (Wildman–Crippen MR) is 59.9 cm³/mol. The minimum atomic E-state index is -0.468. The standard InChI is InChI=1S/C11H12N2O3/c1-2-3-6-16-11-5-4-10(13(14)15)7-9(11)8-12/h1,4-5,7H,3,6,8,12H2. The summed E-state index contributed by atoms with van der Waals surface area (Å²) >= 11 is 0. The molecule has 0 aliphatic heterocycles. The Balaban J connectivity index is 2.85. The lowest BCUT2D eigenvalue weighted by Gasteiger charge is -2.08. The molecule has 2 N–H and O–H groups in total. The van der Waals surface area contributed by atoms with Crippen molar-refractivity contribution >= 4 is 5.69 Å². The molecule has 1 rings (SSSR count). The second kappa shape index (κ2) is 5.73. The van der Waals surface area contributed by atoms with Crippen molar-refractivity contribution in [3.8, 4) is 18.1 Å². The third-order valence-corrected chi connectivity index (χ3v) is 1.98. The van der Waals surface area contributed by atoms with E-state index in [1.165, 1.54) is 18.2 Å². The van der Waals surface area contributed by atoms with E-state index in [1.807, 2.05) is 0 Å². The van der Waals surface area contributed by atoms with Crippen molar-refractivity contribution in [2.45, 2.75) is 13.0 Å². The van der Waals surface area contributed by atoms with Gasteiger partial charge in [-0.25, -0.2) is 0 Å². The number of nitrogens with two attached hydrogens (primary N) is 1. The van der Waals surface area contributed by atoms with E-state index in [9.17, 15) is 10.1 Å². The molecule has 0 spiro atoms. The normalized spacial score (nSPS) is 9.50. The maximum Gasteiger partial charge on any atom is 0.270 e. The molecular formula is C11H12N2O3. The van der Waals surface area contributed by atoms with Gasteiger partial charge in [-0.15, -0.1) is 12.3 Å². The van der Waals surface area contributed by atoms with Crippen molar-refractivity contribution < 1.29 is 9.66 Å². The first kappa shape index (κ1) is 12.0. The van der Waals surface area contributed by atoms with E-state index in [0.717, 1.165) is 0 Å². The second-order valence-electron chi connectivity index (χ2n) is 3.06. The number of rotatable bonds is 5. The molecule has 0 aliphatic rings. The summed E-state index contributed by atoms with van der Waals surface area (Å²) in [4.78, 5) is 10.1. The Kier molecular flexibility index (Phi) is 4.30. The Morgan fingerprint density at radius 1 is 1.56 bits per heavy atom. The van der Waals surface area contributed by atoms with Crippen LogP contribution in [0.4, 0.5) is 5.69 Å².